The molecule has 1 aliphatic rings. The molecule has 0 aromatic heterocycles. The van der Waals surface area contributed by atoms with E-state index in [4.69, 9.17) is 4.74 Å². The summed E-state index contributed by atoms with van der Waals surface area (Å²) in [6.07, 6.45) is 2.04. The molecule has 168 valence electrons. The molecular weight excluding hydrogens is 412 g/mol. The molecule has 2 aromatic carbocycles. The Morgan fingerprint density at radius 3 is 2.61 bits per heavy atom. The highest BCUT2D eigenvalue weighted by Gasteiger charge is 2.22. The summed E-state index contributed by atoms with van der Waals surface area (Å²) in [6, 6.07) is 12.1. The fourth-order valence-electron chi connectivity index (χ4n) is 3.60. The lowest BCUT2D eigenvalue weighted by atomic mass is 9.87. The van der Waals surface area contributed by atoms with Crippen LogP contribution in [0.25, 0.3) is 0 Å². The minimum absolute atomic E-state index is 0.167. The number of benzene rings is 2. The summed E-state index contributed by atoms with van der Waals surface area (Å²) in [4.78, 5) is 12.8. The van der Waals surface area contributed by atoms with Crippen LogP contribution in [0.3, 0.4) is 0 Å². The lowest BCUT2D eigenvalue weighted by Gasteiger charge is -2.22. The Morgan fingerprint density at radius 2 is 1.94 bits per heavy atom. The Bertz CT molecular complexity index is 1040. The van der Waals surface area contributed by atoms with E-state index in [0.717, 1.165) is 25.0 Å². The van der Waals surface area contributed by atoms with Gasteiger partial charge in [0.25, 0.3) is 15.9 Å². The van der Waals surface area contributed by atoms with Crippen LogP contribution in [0.1, 0.15) is 55.1 Å². The van der Waals surface area contributed by atoms with Crippen LogP contribution in [0.4, 0.5) is 5.69 Å². The second-order valence-electron chi connectivity index (χ2n) is 9.21. The highest BCUT2D eigenvalue weighted by Crippen LogP contribution is 2.28. The normalized spacial score (nSPS) is 17.2. The monoisotopic (exact) mass is 444 g/mol. The molecule has 6 nitrogen and oxygen atoms in total. The first-order valence-electron chi connectivity index (χ1n) is 10.7. The molecule has 0 aliphatic carbocycles. The SMILES string of the molecule is Cc1ccc(C(C)(C)C)cc1S(=O)(=O)Nc1cccc(C(=O)NC[C@H]2CCCOC2)c1. The average Bonchev–Trinajstić information content (AvgIpc) is 2.72. The van der Waals surface area contributed by atoms with Gasteiger partial charge in [0.15, 0.2) is 0 Å². The van der Waals surface area contributed by atoms with Crippen LogP contribution in [-0.4, -0.2) is 34.1 Å². The Morgan fingerprint density at radius 1 is 1.16 bits per heavy atom. The molecule has 1 fully saturated rings. The van der Waals surface area contributed by atoms with Crippen molar-refractivity contribution >= 4 is 21.6 Å². The van der Waals surface area contributed by atoms with Gasteiger partial charge in [-0.1, -0.05) is 39.0 Å². The third kappa shape index (κ3) is 6.08. The van der Waals surface area contributed by atoms with Crippen molar-refractivity contribution < 1.29 is 17.9 Å². The lowest BCUT2D eigenvalue weighted by molar-refractivity contribution is 0.0536. The average molecular weight is 445 g/mol. The van der Waals surface area contributed by atoms with Crippen molar-refractivity contribution in [3.63, 3.8) is 0 Å². The van der Waals surface area contributed by atoms with Crippen molar-refractivity contribution in [1.29, 1.82) is 0 Å². The summed E-state index contributed by atoms with van der Waals surface area (Å²) in [5.41, 5.74) is 2.22. The number of anilines is 1. The van der Waals surface area contributed by atoms with E-state index in [1.807, 2.05) is 32.9 Å². The molecule has 1 heterocycles. The fourth-order valence-corrected chi connectivity index (χ4v) is 4.92. The number of ether oxygens (including phenoxy) is 1. The number of sulfonamides is 1. The third-order valence-corrected chi connectivity index (χ3v) is 7.05. The van der Waals surface area contributed by atoms with Crippen LogP contribution in [0, 0.1) is 12.8 Å². The Balaban J connectivity index is 1.74. The highest BCUT2D eigenvalue weighted by atomic mass is 32.2. The summed E-state index contributed by atoms with van der Waals surface area (Å²) < 4.78 is 34.3. The Labute approximate surface area is 185 Å². The molecule has 1 saturated heterocycles. The topological polar surface area (TPSA) is 84.5 Å². The van der Waals surface area contributed by atoms with Gasteiger partial charge in [-0.2, -0.15) is 0 Å². The van der Waals surface area contributed by atoms with Crippen molar-refractivity contribution in [3.05, 3.63) is 59.2 Å². The predicted molar refractivity (Wildman–Crippen MR) is 123 cm³/mol. The van der Waals surface area contributed by atoms with Gasteiger partial charge in [0.05, 0.1) is 11.5 Å². The zero-order valence-electron chi connectivity index (χ0n) is 18.7. The first-order chi connectivity index (χ1) is 14.6. The van der Waals surface area contributed by atoms with E-state index in [1.54, 1.807) is 37.3 Å². The summed E-state index contributed by atoms with van der Waals surface area (Å²) in [6.45, 7) is 9.90. The number of carbonyl (C=O) groups is 1. The first kappa shape index (κ1) is 23.3. The smallest absolute Gasteiger partial charge is 0.262 e. The van der Waals surface area contributed by atoms with Crippen molar-refractivity contribution in [1.82, 2.24) is 5.32 Å². The zero-order chi connectivity index (χ0) is 22.6. The molecule has 1 atom stereocenters. The maximum absolute atomic E-state index is 13.1. The fraction of sp³-hybridized carbons (Fsp3) is 0.458. The van der Waals surface area contributed by atoms with Crippen molar-refractivity contribution in [2.24, 2.45) is 5.92 Å². The molecule has 1 aliphatic heterocycles. The van der Waals surface area contributed by atoms with Crippen LogP contribution in [-0.2, 0) is 20.2 Å². The number of hydrogen-bond donors (Lipinski definition) is 2. The Hall–Kier alpha value is -2.38. The zero-order valence-corrected chi connectivity index (χ0v) is 19.5. The first-order valence-corrected chi connectivity index (χ1v) is 12.1. The van der Waals surface area contributed by atoms with Gasteiger partial charge < -0.3 is 10.1 Å². The number of hydrogen-bond acceptors (Lipinski definition) is 4. The maximum Gasteiger partial charge on any atom is 0.262 e. The molecule has 0 unspecified atom stereocenters. The molecule has 7 heteroatoms. The number of nitrogens with one attached hydrogen (secondary N) is 2. The van der Waals surface area contributed by atoms with E-state index in [-0.39, 0.29) is 16.2 Å². The molecular formula is C24H32N2O4S. The third-order valence-electron chi connectivity index (χ3n) is 5.53. The number of carbonyl (C=O) groups excluding carboxylic acids is 1. The van der Waals surface area contributed by atoms with Crippen molar-refractivity contribution in [3.8, 4) is 0 Å². The van der Waals surface area contributed by atoms with Crippen LogP contribution in [0.2, 0.25) is 0 Å². The summed E-state index contributed by atoms with van der Waals surface area (Å²) in [7, 11) is -3.80. The largest absolute Gasteiger partial charge is 0.381 e. The summed E-state index contributed by atoms with van der Waals surface area (Å²) >= 11 is 0. The van der Waals surface area contributed by atoms with Gasteiger partial charge in [-0.15, -0.1) is 0 Å². The molecule has 2 aromatic rings. The van der Waals surface area contributed by atoms with E-state index in [1.165, 1.54) is 0 Å². The van der Waals surface area contributed by atoms with Gasteiger partial charge in [-0.3, -0.25) is 9.52 Å². The second-order valence-corrected chi connectivity index (χ2v) is 10.9. The van der Waals surface area contributed by atoms with Crippen molar-refractivity contribution in [2.75, 3.05) is 24.5 Å². The maximum atomic E-state index is 13.1. The van der Waals surface area contributed by atoms with Crippen LogP contribution in [0.15, 0.2) is 47.4 Å². The lowest BCUT2D eigenvalue weighted by Crippen LogP contribution is -2.33. The van der Waals surface area contributed by atoms with Gasteiger partial charge in [0.1, 0.15) is 0 Å². The quantitative estimate of drug-likeness (QED) is 0.698. The van der Waals surface area contributed by atoms with E-state index >= 15 is 0 Å². The van der Waals surface area contributed by atoms with E-state index in [0.29, 0.717) is 35.9 Å². The standard InChI is InChI=1S/C24H32N2O4S/c1-17-10-11-20(24(2,3)4)14-22(17)31(28,29)26-21-9-5-8-19(13-21)23(27)25-15-18-7-6-12-30-16-18/h5,8-11,13-14,18,26H,6-7,12,15-16H2,1-4H3,(H,25,27)/t18-/m1/s1. The minimum Gasteiger partial charge on any atom is -0.381 e. The molecule has 2 N–H and O–H groups in total. The predicted octanol–water partition coefficient (Wildman–Crippen LogP) is 4.25. The van der Waals surface area contributed by atoms with Gasteiger partial charge in [-0.05, 0) is 66.5 Å². The molecule has 3 rings (SSSR count). The van der Waals surface area contributed by atoms with Crippen LogP contribution in [0.5, 0.6) is 0 Å². The van der Waals surface area contributed by atoms with Gasteiger partial charge >= 0.3 is 0 Å². The number of rotatable bonds is 6. The van der Waals surface area contributed by atoms with Crippen LogP contribution >= 0.6 is 0 Å². The Kier molecular flexibility index (Phi) is 7.06. The molecule has 0 spiro atoms. The molecule has 31 heavy (non-hydrogen) atoms. The number of amides is 1. The van der Waals surface area contributed by atoms with Gasteiger partial charge in [-0.25, -0.2) is 8.42 Å². The second kappa shape index (κ2) is 9.40. The van der Waals surface area contributed by atoms with Gasteiger partial charge in [0, 0.05) is 24.4 Å². The molecule has 0 saturated carbocycles. The van der Waals surface area contributed by atoms with Crippen molar-refractivity contribution in [2.45, 2.75) is 50.8 Å². The summed E-state index contributed by atoms with van der Waals surface area (Å²) in [5.74, 6) is 0.0926. The molecule has 0 bridgehead atoms. The highest BCUT2D eigenvalue weighted by molar-refractivity contribution is 7.92. The van der Waals surface area contributed by atoms with Gasteiger partial charge in [0.2, 0.25) is 0 Å². The minimum atomic E-state index is -3.80. The summed E-state index contributed by atoms with van der Waals surface area (Å²) in [5, 5.41) is 2.93. The molecule has 0 radical (unpaired) electrons. The number of aryl methyl sites for hydroxylation is 1. The molecule has 1 amide bonds. The van der Waals surface area contributed by atoms with E-state index in [2.05, 4.69) is 10.0 Å². The van der Waals surface area contributed by atoms with E-state index in [9.17, 15) is 13.2 Å². The van der Waals surface area contributed by atoms with Crippen LogP contribution < -0.4 is 10.0 Å². The van der Waals surface area contributed by atoms with E-state index < -0.39 is 10.0 Å².